The van der Waals surface area contributed by atoms with Gasteiger partial charge in [-0.05, 0) is 29.8 Å². The van der Waals surface area contributed by atoms with Crippen LogP contribution in [0.15, 0.2) is 59.0 Å². The van der Waals surface area contributed by atoms with Gasteiger partial charge in [-0.25, -0.2) is 0 Å². The SMILES string of the molecule is O=C([O-])c1ccc(NC(=O)c2cc3ccccc3o2)cc1. The van der Waals surface area contributed by atoms with Gasteiger partial charge in [-0.2, -0.15) is 0 Å². The zero-order valence-electron chi connectivity index (χ0n) is 10.8. The van der Waals surface area contributed by atoms with Crippen LogP contribution in [0.4, 0.5) is 5.69 Å². The maximum absolute atomic E-state index is 12.1. The summed E-state index contributed by atoms with van der Waals surface area (Å²) in [6.07, 6.45) is 0. The van der Waals surface area contributed by atoms with Crippen molar-refractivity contribution in [3.63, 3.8) is 0 Å². The number of para-hydroxylation sites is 1. The van der Waals surface area contributed by atoms with E-state index >= 15 is 0 Å². The standard InChI is InChI=1S/C16H11NO4/c18-15(14-9-11-3-1-2-4-13(11)21-14)17-12-7-5-10(6-8-12)16(19)20/h1-9H,(H,17,18)(H,19,20)/p-1. The summed E-state index contributed by atoms with van der Waals surface area (Å²) in [4.78, 5) is 22.7. The number of carbonyl (C=O) groups excluding carboxylic acids is 2. The molecule has 0 radical (unpaired) electrons. The number of hydrogen-bond donors (Lipinski definition) is 1. The van der Waals surface area contributed by atoms with Crippen LogP contribution < -0.4 is 10.4 Å². The lowest BCUT2D eigenvalue weighted by Gasteiger charge is -2.05. The third-order valence-corrected chi connectivity index (χ3v) is 3.03. The zero-order chi connectivity index (χ0) is 14.8. The number of rotatable bonds is 3. The third kappa shape index (κ3) is 2.62. The van der Waals surface area contributed by atoms with Gasteiger partial charge in [0.05, 0.1) is 5.97 Å². The van der Waals surface area contributed by atoms with Crippen molar-refractivity contribution in [3.05, 3.63) is 65.9 Å². The number of fused-ring (bicyclic) bond motifs is 1. The highest BCUT2D eigenvalue weighted by Crippen LogP contribution is 2.20. The number of carboxylic acid groups (broad SMARTS) is 1. The highest BCUT2D eigenvalue weighted by Gasteiger charge is 2.12. The Bertz CT molecular complexity index is 785. The van der Waals surface area contributed by atoms with Crippen molar-refractivity contribution < 1.29 is 19.1 Å². The second kappa shape index (κ2) is 5.13. The molecule has 1 N–H and O–H groups in total. The molecule has 1 heterocycles. The highest BCUT2D eigenvalue weighted by molar-refractivity contribution is 6.04. The molecule has 1 aromatic heterocycles. The van der Waals surface area contributed by atoms with Crippen LogP contribution in [0.1, 0.15) is 20.9 Å². The van der Waals surface area contributed by atoms with E-state index in [4.69, 9.17) is 4.42 Å². The first-order valence-electron chi connectivity index (χ1n) is 6.25. The number of furan rings is 1. The Morgan fingerprint density at radius 1 is 1.00 bits per heavy atom. The summed E-state index contributed by atoms with van der Waals surface area (Å²) in [5.41, 5.74) is 1.16. The lowest BCUT2D eigenvalue weighted by Crippen LogP contribution is -2.22. The van der Waals surface area contributed by atoms with Gasteiger partial charge in [0.15, 0.2) is 5.76 Å². The zero-order valence-corrected chi connectivity index (χ0v) is 10.8. The molecule has 5 nitrogen and oxygen atoms in total. The minimum atomic E-state index is -1.26. The normalized spacial score (nSPS) is 10.5. The van der Waals surface area contributed by atoms with Crippen molar-refractivity contribution in [2.45, 2.75) is 0 Å². The Labute approximate surface area is 119 Å². The minimum Gasteiger partial charge on any atom is -0.545 e. The average Bonchev–Trinajstić information content (AvgIpc) is 2.92. The van der Waals surface area contributed by atoms with Gasteiger partial charge in [0.25, 0.3) is 5.91 Å². The van der Waals surface area contributed by atoms with E-state index in [9.17, 15) is 14.7 Å². The number of amides is 1. The Hall–Kier alpha value is -3.08. The Morgan fingerprint density at radius 2 is 1.71 bits per heavy atom. The van der Waals surface area contributed by atoms with E-state index in [1.165, 1.54) is 24.3 Å². The van der Waals surface area contributed by atoms with E-state index in [1.807, 2.05) is 18.2 Å². The average molecular weight is 280 g/mol. The molecule has 0 spiro atoms. The molecule has 3 rings (SSSR count). The summed E-state index contributed by atoms with van der Waals surface area (Å²) in [5.74, 6) is -1.46. The number of benzene rings is 2. The van der Waals surface area contributed by atoms with Crippen LogP contribution in [0.2, 0.25) is 0 Å². The van der Waals surface area contributed by atoms with Gasteiger partial charge in [-0.1, -0.05) is 30.3 Å². The first-order valence-corrected chi connectivity index (χ1v) is 6.25. The molecular formula is C16H10NO4-. The van der Waals surface area contributed by atoms with Crippen LogP contribution >= 0.6 is 0 Å². The van der Waals surface area contributed by atoms with Crippen molar-refractivity contribution in [1.29, 1.82) is 0 Å². The molecule has 0 atom stereocenters. The summed E-state index contributed by atoms with van der Waals surface area (Å²) in [7, 11) is 0. The maximum atomic E-state index is 12.1. The van der Waals surface area contributed by atoms with Crippen molar-refractivity contribution in [2.75, 3.05) is 5.32 Å². The van der Waals surface area contributed by atoms with Crippen LogP contribution in [0, 0.1) is 0 Å². The topological polar surface area (TPSA) is 82.4 Å². The summed E-state index contributed by atoms with van der Waals surface area (Å²) in [6.45, 7) is 0. The van der Waals surface area contributed by atoms with Crippen LogP contribution in [-0.4, -0.2) is 11.9 Å². The molecule has 1 amide bonds. The van der Waals surface area contributed by atoms with E-state index in [2.05, 4.69) is 5.32 Å². The number of aromatic carboxylic acids is 1. The van der Waals surface area contributed by atoms with Crippen molar-refractivity contribution >= 4 is 28.5 Å². The predicted molar refractivity (Wildman–Crippen MR) is 74.9 cm³/mol. The first-order chi connectivity index (χ1) is 10.1. The van der Waals surface area contributed by atoms with E-state index in [0.717, 1.165) is 5.39 Å². The molecule has 0 saturated carbocycles. The molecule has 2 aromatic carbocycles. The summed E-state index contributed by atoms with van der Waals surface area (Å²) >= 11 is 0. The van der Waals surface area contributed by atoms with E-state index in [-0.39, 0.29) is 11.3 Å². The molecule has 104 valence electrons. The Kier molecular flexibility index (Phi) is 3.16. The van der Waals surface area contributed by atoms with Crippen LogP contribution in [-0.2, 0) is 0 Å². The number of anilines is 1. The minimum absolute atomic E-state index is 0.0525. The molecular weight excluding hydrogens is 270 g/mol. The number of nitrogens with one attached hydrogen (secondary N) is 1. The molecule has 3 aromatic rings. The number of hydrogen-bond acceptors (Lipinski definition) is 4. The molecule has 0 aliphatic rings. The summed E-state index contributed by atoms with van der Waals surface area (Å²) < 4.78 is 5.45. The van der Waals surface area contributed by atoms with Crippen LogP contribution in [0.25, 0.3) is 11.0 Å². The van der Waals surface area contributed by atoms with E-state index < -0.39 is 11.9 Å². The molecule has 0 bridgehead atoms. The van der Waals surface area contributed by atoms with E-state index in [0.29, 0.717) is 11.3 Å². The van der Waals surface area contributed by atoms with Gasteiger partial charge in [0, 0.05) is 11.1 Å². The first kappa shape index (κ1) is 12.9. The van der Waals surface area contributed by atoms with Gasteiger partial charge in [0.2, 0.25) is 0 Å². The largest absolute Gasteiger partial charge is 0.545 e. The second-order valence-corrected chi connectivity index (χ2v) is 4.47. The molecule has 0 saturated heterocycles. The molecule has 0 fully saturated rings. The van der Waals surface area contributed by atoms with Gasteiger partial charge in [0.1, 0.15) is 5.58 Å². The quantitative estimate of drug-likeness (QED) is 0.796. The second-order valence-electron chi connectivity index (χ2n) is 4.47. The number of carbonyl (C=O) groups is 2. The van der Waals surface area contributed by atoms with Crippen molar-refractivity contribution in [1.82, 2.24) is 0 Å². The smallest absolute Gasteiger partial charge is 0.291 e. The van der Waals surface area contributed by atoms with Crippen molar-refractivity contribution in [3.8, 4) is 0 Å². The van der Waals surface area contributed by atoms with Crippen molar-refractivity contribution in [2.24, 2.45) is 0 Å². The molecule has 0 aliphatic carbocycles. The highest BCUT2D eigenvalue weighted by atomic mass is 16.4. The lowest BCUT2D eigenvalue weighted by atomic mass is 10.2. The molecule has 0 aliphatic heterocycles. The molecule has 0 unspecified atom stereocenters. The number of carboxylic acids is 1. The summed E-state index contributed by atoms with van der Waals surface area (Å²) in [6, 6.07) is 14.7. The monoisotopic (exact) mass is 280 g/mol. The lowest BCUT2D eigenvalue weighted by molar-refractivity contribution is -0.255. The third-order valence-electron chi connectivity index (χ3n) is 3.03. The van der Waals surface area contributed by atoms with Gasteiger partial charge >= 0.3 is 0 Å². The van der Waals surface area contributed by atoms with Gasteiger partial charge < -0.3 is 19.6 Å². The fraction of sp³-hybridized carbons (Fsp3) is 0. The van der Waals surface area contributed by atoms with Crippen LogP contribution in [0.3, 0.4) is 0 Å². The Balaban J connectivity index is 1.80. The Morgan fingerprint density at radius 3 is 2.38 bits per heavy atom. The fourth-order valence-corrected chi connectivity index (χ4v) is 1.98. The van der Waals surface area contributed by atoms with Crippen LogP contribution in [0.5, 0.6) is 0 Å². The van der Waals surface area contributed by atoms with Gasteiger partial charge in [-0.3, -0.25) is 4.79 Å². The fourth-order valence-electron chi connectivity index (χ4n) is 1.98. The predicted octanol–water partition coefficient (Wildman–Crippen LogP) is 2.05. The molecule has 5 heteroatoms. The maximum Gasteiger partial charge on any atom is 0.291 e. The van der Waals surface area contributed by atoms with Gasteiger partial charge in [-0.15, -0.1) is 0 Å². The summed E-state index contributed by atoms with van der Waals surface area (Å²) in [5, 5.41) is 14.1. The van der Waals surface area contributed by atoms with E-state index in [1.54, 1.807) is 12.1 Å². The molecule has 21 heavy (non-hydrogen) atoms.